The van der Waals surface area contributed by atoms with Crippen LogP contribution < -0.4 is 9.47 Å². The second-order valence-electron chi connectivity index (χ2n) is 7.18. The summed E-state index contributed by atoms with van der Waals surface area (Å²) in [4.78, 5) is 20.6. The number of carbonyl (C=O) groups is 1. The van der Waals surface area contributed by atoms with Gasteiger partial charge in [0.15, 0.2) is 5.17 Å². The number of hydrogen-bond acceptors (Lipinski definition) is 8. The molecular formula is C21H24N4O3S2. The van der Waals surface area contributed by atoms with Gasteiger partial charge in [-0.3, -0.25) is 9.69 Å². The predicted molar refractivity (Wildman–Crippen MR) is 121 cm³/mol. The van der Waals surface area contributed by atoms with Gasteiger partial charge in [0.05, 0.1) is 19.1 Å². The highest BCUT2D eigenvalue weighted by Crippen LogP contribution is 2.40. The molecule has 0 bridgehead atoms. The van der Waals surface area contributed by atoms with Crippen LogP contribution in [0.4, 0.5) is 5.13 Å². The van der Waals surface area contributed by atoms with Crippen LogP contribution in [0.25, 0.3) is 6.08 Å². The van der Waals surface area contributed by atoms with Crippen molar-refractivity contribution in [3.63, 3.8) is 0 Å². The molecule has 2 aromatic rings. The van der Waals surface area contributed by atoms with Gasteiger partial charge in [-0.05, 0) is 49.7 Å². The molecule has 1 saturated heterocycles. The fourth-order valence-electron chi connectivity index (χ4n) is 3.72. The molecule has 2 fully saturated rings. The summed E-state index contributed by atoms with van der Waals surface area (Å²) in [5.41, 5.74) is 0.825. The highest BCUT2D eigenvalue weighted by molar-refractivity contribution is 8.18. The zero-order valence-electron chi connectivity index (χ0n) is 17.3. The molecule has 1 aromatic carbocycles. The van der Waals surface area contributed by atoms with Crippen LogP contribution in [0.5, 0.6) is 11.5 Å². The molecule has 1 aliphatic carbocycles. The quantitative estimate of drug-likeness (QED) is 0.617. The molecule has 2 heterocycles. The molecular weight excluding hydrogens is 420 g/mol. The van der Waals surface area contributed by atoms with Crippen molar-refractivity contribution in [2.45, 2.75) is 45.1 Å². The molecule has 0 spiro atoms. The van der Waals surface area contributed by atoms with Crippen molar-refractivity contribution in [3.05, 3.63) is 33.7 Å². The Labute approximate surface area is 184 Å². The lowest BCUT2D eigenvalue weighted by molar-refractivity contribution is -0.124. The van der Waals surface area contributed by atoms with Crippen molar-refractivity contribution in [1.82, 2.24) is 15.1 Å². The van der Waals surface area contributed by atoms with Gasteiger partial charge in [0, 0.05) is 17.7 Å². The molecule has 2 aliphatic rings. The van der Waals surface area contributed by atoms with Crippen LogP contribution in [0.2, 0.25) is 0 Å². The number of thioether (sulfide) groups is 1. The van der Waals surface area contributed by atoms with Crippen LogP contribution >= 0.6 is 23.1 Å². The molecule has 0 atom stereocenters. The van der Waals surface area contributed by atoms with Crippen LogP contribution in [0.1, 0.15) is 42.7 Å². The Morgan fingerprint density at radius 1 is 1.17 bits per heavy atom. The first kappa shape index (κ1) is 20.9. The van der Waals surface area contributed by atoms with Crippen molar-refractivity contribution in [2.75, 3.05) is 14.2 Å². The monoisotopic (exact) mass is 444 g/mol. The van der Waals surface area contributed by atoms with E-state index in [0.29, 0.717) is 26.7 Å². The molecule has 0 N–H and O–H groups in total. The second kappa shape index (κ2) is 9.18. The number of aliphatic imine (C=N–C) groups is 1. The molecule has 1 amide bonds. The fraction of sp³-hybridized carbons (Fsp3) is 0.429. The number of hydrogen-bond donors (Lipinski definition) is 0. The Kier molecular flexibility index (Phi) is 6.38. The number of rotatable bonds is 5. The van der Waals surface area contributed by atoms with Crippen LogP contribution in [0, 0.1) is 6.92 Å². The van der Waals surface area contributed by atoms with E-state index < -0.39 is 0 Å². The third-order valence-electron chi connectivity index (χ3n) is 5.21. The number of aromatic nitrogens is 2. The van der Waals surface area contributed by atoms with E-state index in [9.17, 15) is 4.79 Å². The fourth-order valence-corrected chi connectivity index (χ4v) is 5.37. The SMILES string of the molecule is COc1ccc(/C=C2\S/C(=N/c3nnc(C)s3)N(C3CCCCC3)C2=O)c(OC)c1. The highest BCUT2D eigenvalue weighted by atomic mass is 32.2. The molecule has 0 radical (unpaired) electrons. The number of carbonyl (C=O) groups excluding carboxylic acids is 1. The maximum atomic E-state index is 13.4. The van der Waals surface area contributed by atoms with Gasteiger partial charge in [0.25, 0.3) is 5.91 Å². The zero-order chi connectivity index (χ0) is 21.1. The number of nitrogens with zero attached hydrogens (tertiary/aromatic N) is 4. The predicted octanol–water partition coefficient (Wildman–Crippen LogP) is 4.80. The van der Waals surface area contributed by atoms with Crippen LogP contribution in [-0.4, -0.2) is 46.4 Å². The van der Waals surface area contributed by atoms with E-state index in [4.69, 9.17) is 9.47 Å². The number of ether oxygens (including phenoxy) is 2. The van der Waals surface area contributed by atoms with Gasteiger partial charge in [-0.2, -0.15) is 4.99 Å². The molecule has 158 valence electrons. The summed E-state index contributed by atoms with van der Waals surface area (Å²) in [5, 5.41) is 10.3. The molecule has 0 unspecified atom stereocenters. The Morgan fingerprint density at radius 2 is 1.97 bits per heavy atom. The van der Waals surface area contributed by atoms with E-state index in [1.807, 2.05) is 36.1 Å². The van der Waals surface area contributed by atoms with Gasteiger partial charge < -0.3 is 9.47 Å². The van der Waals surface area contributed by atoms with Gasteiger partial charge in [0.2, 0.25) is 5.13 Å². The van der Waals surface area contributed by atoms with Crippen LogP contribution in [0.15, 0.2) is 28.1 Å². The van der Waals surface area contributed by atoms with Gasteiger partial charge in [-0.1, -0.05) is 30.6 Å². The van der Waals surface area contributed by atoms with E-state index in [1.54, 1.807) is 14.2 Å². The molecule has 7 nitrogen and oxygen atoms in total. The lowest BCUT2D eigenvalue weighted by Gasteiger charge is -2.30. The minimum Gasteiger partial charge on any atom is -0.497 e. The van der Waals surface area contributed by atoms with E-state index >= 15 is 0 Å². The Hall–Kier alpha value is -2.39. The Bertz CT molecular complexity index is 996. The van der Waals surface area contributed by atoms with E-state index in [1.165, 1.54) is 29.5 Å². The third kappa shape index (κ3) is 4.37. The van der Waals surface area contributed by atoms with E-state index in [0.717, 1.165) is 36.3 Å². The minimum absolute atomic E-state index is 0.00948. The Balaban J connectivity index is 1.70. The molecule has 9 heteroatoms. The topological polar surface area (TPSA) is 76.9 Å². The smallest absolute Gasteiger partial charge is 0.267 e. The summed E-state index contributed by atoms with van der Waals surface area (Å²) in [6, 6.07) is 5.74. The first-order chi connectivity index (χ1) is 14.6. The van der Waals surface area contributed by atoms with Gasteiger partial charge >= 0.3 is 0 Å². The average Bonchev–Trinajstić information content (AvgIpc) is 3.31. The molecule has 1 aliphatic heterocycles. The summed E-state index contributed by atoms with van der Waals surface area (Å²) in [7, 11) is 3.22. The maximum Gasteiger partial charge on any atom is 0.267 e. The van der Waals surface area contributed by atoms with Crippen molar-refractivity contribution in [1.29, 1.82) is 0 Å². The normalized spacial score (nSPS) is 20.4. The lowest BCUT2D eigenvalue weighted by atomic mass is 9.94. The maximum absolute atomic E-state index is 13.4. The molecule has 1 saturated carbocycles. The number of amidine groups is 1. The number of benzene rings is 1. The van der Waals surface area contributed by atoms with Gasteiger partial charge in [0.1, 0.15) is 16.5 Å². The van der Waals surface area contributed by atoms with Crippen molar-refractivity contribution >= 4 is 45.4 Å². The first-order valence-corrected chi connectivity index (χ1v) is 11.6. The lowest BCUT2D eigenvalue weighted by Crippen LogP contribution is -2.40. The summed E-state index contributed by atoms with van der Waals surface area (Å²) in [6.07, 6.45) is 7.36. The van der Waals surface area contributed by atoms with Crippen molar-refractivity contribution in [3.8, 4) is 11.5 Å². The van der Waals surface area contributed by atoms with Crippen molar-refractivity contribution < 1.29 is 14.3 Å². The summed E-state index contributed by atoms with van der Waals surface area (Å²) in [6.45, 7) is 1.90. The first-order valence-electron chi connectivity index (χ1n) is 9.93. The largest absolute Gasteiger partial charge is 0.497 e. The minimum atomic E-state index is -0.00948. The molecule has 1 aromatic heterocycles. The van der Waals surface area contributed by atoms with E-state index in [-0.39, 0.29) is 11.9 Å². The van der Waals surface area contributed by atoms with Crippen LogP contribution in [-0.2, 0) is 4.79 Å². The summed E-state index contributed by atoms with van der Waals surface area (Å²) in [5.74, 6) is 1.35. The number of aryl methyl sites for hydroxylation is 1. The van der Waals surface area contributed by atoms with Crippen LogP contribution in [0.3, 0.4) is 0 Å². The Morgan fingerprint density at radius 3 is 2.63 bits per heavy atom. The summed E-state index contributed by atoms with van der Waals surface area (Å²) < 4.78 is 10.8. The number of amides is 1. The highest BCUT2D eigenvalue weighted by Gasteiger charge is 2.39. The zero-order valence-corrected chi connectivity index (χ0v) is 18.9. The molecule has 30 heavy (non-hydrogen) atoms. The van der Waals surface area contributed by atoms with E-state index in [2.05, 4.69) is 15.2 Å². The number of methoxy groups -OCH3 is 2. The van der Waals surface area contributed by atoms with Crippen molar-refractivity contribution in [2.24, 2.45) is 4.99 Å². The second-order valence-corrected chi connectivity index (χ2v) is 9.35. The standard InChI is InChI=1S/C21H24N4O3S2/c1-13-23-24-20(29-13)22-21-25(15-7-5-4-6-8-15)19(26)18(30-21)11-14-9-10-16(27-2)12-17(14)28-3/h9-12,15H,4-8H2,1-3H3/b18-11-,22-21+. The van der Waals surface area contributed by atoms with Gasteiger partial charge in [-0.25, -0.2) is 0 Å². The average molecular weight is 445 g/mol. The molecule has 4 rings (SSSR count). The third-order valence-corrected chi connectivity index (χ3v) is 6.93. The summed E-state index contributed by atoms with van der Waals surface area (Å²) >= 11 is 2.81. The van der Waals surface area contributed by atoms with Gasteiger partial charge in [-0.15, -0.1) is 10.2 Å².